The molecule has 94 valence electrons. The minimum atomic E-state index is -3.53. The molecule has 0 saturated carbocycles. The molecular formula is C13H12ClNO2S. The van der Waals surface area contributed by atoms with Gasteiger partial charge in [-0.05, 0) is 24.3 Å². The first-order valence-corrected chi connectivity index (χ1v) is 7.24. The number of halogens is 1. The van der Waals surface area contributed by atoms with Crippen LogP contribution in [0.3, 0.4) is 0 Å². The van der Waals surface area contributed by atoms with Gasteiger partial charge >= 0.3 is 0 Å². The van der Waals surface area contributed by atoms with Crippen LogP contribution in [0.15, 0.2) is 65.6 Å². The van der Waals surface area contributed by atoms with E-state index in [4.69, 9.17) is 11.6 Å². The number of allylic oxidation sites excluding steroid dienone is 4. The van der Waals surface area contributed by atoms with Crippen molar-refractivity contribution < 1.29 is 8.42 Å². The Bertz CT molecular complexity index is 584. The molecule has 0 amide bonds. The van der Waals surface area contributed by atoms with Gasteiger partial charge in [-0.2, -0.15) is 0 Å². The fraction of sp³-hybridized carbons (Fsp3) is 0.0769. The summed E-state index contributed by atoms with van der Waals surface area (Å²) in [6, 6.07) is 5.72. The minimum absolute atomic E-state index is 0.200. The molecule has 1 aromatic carbocycles. The minimum Gasteiger partial charge on any atom is -0.207 e. The Hall–Kier alpha value is -1.36. The number of sulfonamides is 1. The highest BCUT2D eigenvalue weighted by atomic mass is 35.5. The van der Waals surface area contributed by atoms with Gasteiger partial charge in [-0.3, -0.25) is 0 Å². The van der Waals surface area contributed by atoms with E-state index in [-0.39, 0.29) is 10.9 Å². The largest absolute Gasteiger partial charge is 0.241 e. The van der Waals surface area contributed by atoms with Gasteiger partial charge in [0.15, 0.2) is 0 Å². The molecule has 1 aliphatic carbocycles. The summed E-state index contributed by atoms with van der Waals surface area (Å²) in [6.07, 6.45) is 10.8. The zero-order valence-electron chi connectivity index (χ0n) is 9.45. The quantitative estimate of drug-likeness (QED) is 0.926. The smallest absolute Gasteiger partial charge is 0.207 e. The van der Waals surface area contributed by atoms with Crippen LogP contribution in [0.4, 0.5) is 0 Å². The highest BCUT2D eigenvalue weighted by Crippen LogP contribution is 2.14. The molecule has 0 unspecified atom stereocenters. The van der Waals surface area contributed by atoms with Crippen LogP contribution in [0.25, 0.3) is 0 Å². The molecule has 0 aromatic heterocycles. The van der Waals surface area contributed by atoms with Crippen LogP contribution in [0.2, 0.25) is 5.02 Å². The highest BCUT2D eigenvalue weighted by Gasteiger charge is 2.16. The molecule has 1 N–H and O–H groups in total. The first kappa shape index (κ1) is 13.1. The van der Waals surface area contributed by atoms with Crippen LogP contribution < -0.4 is 4.72 Å². The van der Waals surface area contributed by atoms with Crippen molar-refractivity contribution in [2.24, 2.45) is 0 Å². The lowest BCUT2D eigenvalue weighted by Gasteiger charge is -2.11. The van der Waals surface area contributed by atoms with E-state index >= 15 is 0 Å². The summed E-state index contributed by atoms with van der Waals surface area (Å²) in [4.78, 5) is 0.200. The van der Waals surface area contributed by atoms with Crippen LogP contribution >= 0.6 is 11.6 Å². The van der Waals surface area contributed by atoms with Crippen molar-refractivity contribution >= 4 is 21.6 Å². The Kier molecular flexibility index (Phi) is 4.01. The van der Waals surface area contributed by atoms with Crippen LogP contribution in [-0.2, 0) is 10.0 Å². The van der Waals surface area contributed by atoms with Gasteiger partial charge in [0.1, 0.15) is 0 Å². The maximum atomic E-state index is 12.1. The van der Waals surface area contributed by atoms with Gasteiger partial charge in [0.2, 0.25) is 10.0 Å². The Balaban J connectivity index is 2.19. The molecule has 0 heterocycles. The summed E-state index contributed by atoms with van der Waals surface area (Å²) < 4.78 is 26.7. The van der Waals surface area contributed by atoms with Crippen LogP contribution in [-0.4, -0.2) is 14.5 Å². The van der Waals surface area contributed by atoms with Crippen molar-refractivity contribution in [1.29, 1.82) is 0 Å². The topological polar surface area (TPSA) is 46.2 Å². The number of nitrogens with one attached hydrogen (secondary N) is 1. The van der Waals surface area contributed by atoms with Crippen molar-refractivity contribution in [2.75, 3.05) is 0 Å². The van der Waals surface area contributed by atoms with Gasteiger partial charge < -0.3 is 0 Å². The SMILES string of the molecule is O=S(=O)(NC1C=CC=CC=C1)c1ccc(Cl)cc1. The fourth-order valence-electron chi connectivity index (χ4n) is 1.50. The van der Waals surface area contributed by atoms with Crippen LogP contribution in [0.1, 0.15) is 0 Å². The number of rotatable bonds is 3. The van der Waals surface area contributed by atoms with Crippen molar-refractivity contribution in [3.63, 3.8) is 0 Å². The van der Waals surface area contributed by atoms with E-state index < -0.39 is 10.0 Å². The molecule has 0 saturated heterocycles. The fourth-order valence-corrected chi connectivity index (χ4v) is 2.77. The Labute approximate surface area is 112 Å². The highest BCUT2D eigenvalue weighted by molar-refractivity contribution is 7.89. The normalized spacial score (nSPS) is 15.8. The lowest BCUT2D eigenvalue weighted by Crippen LogP contribution is -2.31. The maximum Gasteiger partial charge on any atom is 0.241 e. The molecule has 5 heteroatoms. The molecule has 18 heavy (non-hydrogen) atoms. The van der Waals surface area contributed by atoms with Crippen molar-refractivity contribution in [3.8, 4) is 0 Å². The molecule has 0 spiro atoms. The monoisotopic (exact) mass is 281 g/mol. The Morgan fingerprint density at radius 1 is 0.944 bits per heavy atom. The standard InChI is InChI=1S/C13H12ClNO2S/c14-11-7-9-13(10-8-11)18(16,17)15-12-5-3-1-2-4-6-12/h1-10,12,15H. The average molecular weight is 282 g/mol. The van der Waals surface area contributed by atoms with E-state index in [1.807, 2.05) is 12.2 Å². The lowest BCUT2D eigenvalue weighted by molar-refractivity contribution is 0.580. The van der Waals surface area contributed by atoms with Crippen LogP contribution in [0.5, 0.6) is 0 Å². The third kappa shape index (κ3) is 3.32. The second-order valence-electron chi connectivity index (χ2n) is 3.76. The Morgan fingerprint density at radius 3 is 2.06 bits per heavy atom. The van der Waals surface area contributed by atoms with Gasteiger partial charge in [0.25, 0.3) is 0 Å². The third-order valence-corrected chi connectivity index (χ3v) is 4.11. The van der Waals surface area contributed by atoms with Gasteiger partial charge in [-0.1, -0.05) is 48.1 Å². The van der Waals surface area contributed by atoms with E-state index in [1.54, 1.807) is 36.4 Å². The summed E-state index contributed by atoms with van der Waals surface area (Å²) >= 11 is 5.73. The molecule has 2 rings (SSSR count). The van der Waals surface area contributed by atoms with Gasteiger partial charge in [-0.25, -0.2) is 13.1 Å². The van der Waals surface area contributed by atoms with E-state index in [9.17, 15) is 8.42 Å². The first-order valence-electron chi connectivity index (χ1n) is 5.37. The molecule has 0 aliphatic heterocycles. The number of hydrogen-bond acceptors (Lipinski definition) is 2. The second kappa shape index (κ2) is 5.52. The maximum absolute atomic E-state index is 12.1. The molecule has 0 atom stereocenters. The molecule has 0 fully saturated rings. The number of hydrogen-bond donors (Lipinski definition) is 1. The molecule has 0 bridgehead atoms. The van der Waals surface area contributed by atoms with E-state index in [2.05, 4.69) is 4.72 Å². The predicted octanol–water partition coefficient (Wildman–Crippen LogP) is 2.67. The van der Waals surface area contributed by atoms with Crippen molar-refractivity contribution in [2.45, 2.75) is 10.9 Å². The molecule has 1 aliphatic rings. The zero-order valence-corrected chi connectivity index (χ0v) is 11.0. The zero-order chi connectivity index (χ0) is 13.0. The molecule has 3 nitrogen and oxygen atoms in total. The second-order valence-corrected chi connectivity index (χ2v) is 5.91. The van der Waals surface area contributed by atoms with Crippen LogP contribution in [0, 0.1) is 0 Å². The van der Waals surface area contributed by atoms with Gasteiger partial charge in [-0.15, -0.1) is 0 Å². The van der Waals surface area contributed by atoms with E-state index in [0.29, 0.717) is 5.02 Å². The van der Waals surface area contributed by atoms with Gasteiger partial charge in [0, 0.05) is 5.02 Å². The summed E-state index contributed by atoms with van der Waals surface area (Å²) in [7, 11) is -3.53. The number of benzene rings is 1. The Morgan fingerprint density at radius 2 is 1.50 bits per heavy atom. The third-order valence-electron chi connectivity index (χ3n) is 2.39. The first-order chi connectivity index (χ1) is 8.58. The molecule has 0 radical (unpaired) electrons. The summed E-state index contributed by atoms with van der Waals surface area (Å²) in [5, 5.41) is 0.507. The van der Waals surface area contributed by atoms with E-state index in [1.165, 1.54) is 12.1 Å². The average Bonchev–Trinajstić information content (AvgIpc) is 2.57. The van der Waals surface area contributed by atoms with Gasteiger partial charge in [0.05, 0.1) is 10.9 Å². The summed E-state index contributed by atoms with van der Waals surface area (Å²) in [6.45, 7) is 0. The van der Waals surface area contributed by atoms with Crippen molar-refractivity contribution in [1.82, 2.24) is 4.72 Å². The lowest BCUT2D eigenvalue weighted by atomic mass is 10.3. The summed E-state index contributed by atoms with van der Waals surface area (Å²) in [5.74, 6) is 0. The molecular weight excluding hydrogens is 270 g/mol. The summed E-state index contributed by atoms with van der Waals surface area (Å²) in [5.41, 5.74) is 0. The molecule has 1 aromatic rings. The van der Waals surface area contributed by atoms with Crippen molar-refractivity contribution in [3.05, 3.63) is 65.7 Å². The van der Waals surface area contributed by atoms with E-state index in [0.717, 1.165) is 0 Å². The predicted molar refractivity (Wildman–Crippen MR) is 73.0 cm³/mol.